The zero-order chi connectivity index (χ0) is 24.5. The fourth-order valence-electron chi connectivity index (χ4n) is 4.22. The number of nitrogens with zero attached hydrogens (tertiary/aromatic N) is 2. The molecular weight excluding hydrogens is 444 g/mol. The zero-order valence-electron chi connectivity index (χ0n) is 19.4. The minimum Gasteiger partial charge on any atom is -0.493 e. The van der Waals surface area contributed by atoms with E-state index in [4.69, 9.17) is 14.2 Å². The molecule has 7 heteroatoms. The Morgan fingerprint density at radius 3 is 2.43 bits per heavy atom. The van der Waals surface area contributed by atoms with E-state index in [0.29, 0.717) is 28.5 Å². The van der Waals surface area contributed by atoms with E-state index in [1.165, 1.54) is 6.92 Å². The maximum absolute atomic E-state index is 13.6. The van der Waals surface area contributed by atoms with Crippen molar-refractivity contribution in [3.63, 3.8) is 0 Å². The quantitative estimate of drug-likeness (QED) is 0.252. The zero-order valence-corrected chi connectivity index (χ0v) is 19.4. The minimum atomic E-state index is -0.398. The molecule has 7 nitrogen and oxygen atoms in total. The van der Waals surface area contributed by atoms with Crippen molar-refractivity contribution in [1.82, 2.24) is 9.55 Å². The molecule has 2 heterocycles. The second kappa shape index (κ2) is 8.95. The van der Waals surface area contributed by atoms with Gasteiger partial charge in [0.15, 0.2) is 11.5 Å². The van der Waals surface area contributed by atoms with E-state index >= 15 is 0 Å². The number of hydrogen-bond donors (Lipinski definition) is 0. The molecule has 3 aromatic carbocycles. The molecule has 35 heavy (non-hydrogen) atoms. The second-order valence-electron chi connectivity index (χ2n) is 7.95. The van der Waals surface area contributed by atoms with Crippen LogP contribution in [0.4, 0.5) is 0 Å². The van der Waals surface area contributed by atoms with Gasteiger partial charge in [-0.2, -0.15) is 0 Å². The van der Waals surface area contributed by atoms with Gasteiger partial charge in [-0.3, -0.25) is 14.2 Å². The van der Waals surface area contributed by atoms with Crippen molar-refractivity contribution in [1.29, 1.82) is 0 Å². The number of pyridine rings is 1. The maximum atomic E-state index is 13.6. The SMILES string of the molecule is COc1ccc(-c2cn(C(=O)c3ccc4c(OC(C)=O)cccc4c3)c3ncccc23)cc1OC. The first-order valence-electron chi connectivity index (χ1n) is 10.9. The smallest absolute Gasteiger partial charge is 0.308 e. The van der Waals surface area contributed by atoms with Crippen LogP contribution in [0.5, 0.6) is 17.2 Å². The molecule has 0 saturated carbocycles. The van der Waals surface area contributed by atoms with Crippen LogP contribution in [0.1, 0.15) is 17.3 Å². The molecule has 0 amide bonds. The summed E-state index contributed by atoms with van der Waals surface area (Å²) in [6, 6.07) is 20.1. The van der Waals surface area contributed by atoms with Crippen LogP contribution in [0.3, 0.4) is 0 Å². The van der Waals surface area contributed by atoms with Gasteiger partial charge in [0.2, 0.25) is 0 Å². The van der Waals surface area contributed by atoms with Crippen LogP contribution >= 0.6 is 0 Å². The Bertz CT molecular complexity index is 1600. The predicted molar refractivity (Wildman–Crippen MR) is 133 cm³/mol. The number of benzene rings is 3. The number of rotatable bonds is 5. The van der Waals surface area contributed by atoms with E-state index in [9.17, 15) is 9.59 Å². The van der Waals surface area contributed by atoms with Crippen LogP contribution in [-0.4, -0.2) is 35.6 Å². The first-order valence-corrected chi connectivity index (χ1v) is 10.9. The summed E-state index contributed by atoms with van der Waals surface area (Å²) >= 11 is 0. The van der Waals surface area contributed by atoms with E-state index < -0.39 is 5.97 Å². The van der Waals surface area contributed by atoms with Crippen molar-refractivity contribution in [2.45, 2.75) is 6.92 Å². The first kappa shape index (κ1) is 22.2. The van der Waals surface area contributed by atoms with Crippen LogP contribution in [0.2, 0.25) is 0 Å². The van der Waals surface area contributed by atoms with Crippen LogP contribution in [-0.2, 0) is 4.79 Å². The molecule has 2 aromatic heterocycles. The average molecular weight is 466 g/mol. The van der Waals surface area contributed by atoms with Gasteiger partial charge in [-0.25, -0.2) is 4.98 Å². The molecule has 0 aliphatic rings. The van der Waals surface area contributed by atoms with Crippen molar-refractivity contribution < 1.29 is 23.8 Å². The third-order valence-corrected chi connectivity index (χ3v) is 5.82. The molecule has 0 aliphatic heterocycles. The highest BCUT2D eigenvalue weighted by Crippen LogP contribution is 2.36. The van der Waals surface area contributed by atoms with Gasteiger partial charge in [0.05, 0.1) is 14.2 Å². The van der Waals surface area contributed by atoms with Crippen LogP contribution in [0.15, 0.2) is 79.1 Å². The lowest BCUT2D eigenvalue weighted by molar-refractivity contribution is -0.131. The summed E-state index contributed by atoms with van der Waals surface area (Å²) < 4.78 is 17.7. The summed E-state index contributed by atoms with van der Waals surface area (Å²) in [5.74, 6) is 1.06. The summed E-state index contributed by atoms with van der Waals surface area (Å²) in [5.41, 5.74) is 2.76. The normalized spacial score (nSPS) is 10.9. The fourth-order valence-corrected chi connectivity index (χ4v) is 4.22. The van der Waals surface area contributed by atoms with Gasteiger partial charge in [0.1, 0.15) is 11.4 Å². The molecule has 0 N–H and O–H groups in total. The number of methoxy groups -OCH3 is 2. The third kappa shape index (κ3) is 3.97. The van der Waals surface area contributed by atoms with Crippen LogP contribution < -0.4 is 14.2 Å². The predicted octanol–water partition coefficient (Wildman–Crippen LogP) is 5.49. The Morgan fingerprint density at radius 1 is 0.829 bits per heavy atom. The molecule has 0 atom stereocenters. The minimum absolute atomic E-state index is 0.222. The Morgan fingerprint density at radius 2 is 1.66 bits per heavy atom. The number of ether oxygens (including phenoxy) is 3. The van der Waals surface area contributed by atoms with Gasteiger partial charge < -0.3 is 14.2 Å². The Balaban J connectivity index is 1.61. The number of carbonyl (C=O) groups is 2. The second-order valence-corrected chi connectivity index (χ2v) is 7.95. The van der Waals surface area contributed by atoms with E-state index in [2.05, 4.69) is 4.98 Å². The summed E-state index contributed by atoms with van der Waals surface area (Å²) in [6.45, 7) is 1.36. The van der Waals surface area contributed by atoms with Gasteiger partial charge in [-0.15, -0.1) is 0 Å². The van der Waals surface area contributed by atoms with Gasteiger partial charge >= 0.3 is 5.97 Å². The van der Waals surface area contributed by atoms with E-state index in [1.807, 2.05) is 36.4 Å². The molecule has 0 saturated heterocycles. The van der Waals surface area contributed by atoms with Crippen molar-refractivity contribution in [3.8, 4) is 28.4 Å². The Kier molecular flexibility index (Phi) is 5.66. The molecule has 0 fully saturated rings. The molecule has 5 aromatic rings. The average Bonchev–Trinajstić information content (AvgIpc) is 3.27. The summed E-state index contributed by atoms with van der Waals surface area (Å²) in [7, 11) is 3.17. The van der Waals surface area contributed by atoms with E-state index in [-0.39, 0.29) is 5.91 Å². The highest BCUT2D eigenvalue weighted by atomic mass is 16.5. The highest BCUT2D eigenvalue weighted by molar-refractivity contribution is 6.07. The summed E-state index contributed by atoms with van der Waals surface area (Å²) in [6.07, 6.45) is 3.46. The van der Waals surface area contributed by atoms with Crippen molar-refractivity contribution in [3.05, 3.63) is 84.7 Å². The molecule has 0 radical (unpaired) electrons. The van der Waals surface area contributed by atoms with Crippen LogP contribution in [0.25, 0.3) is 32.9 Å². The van der Waals surface area contributed by atoms with Crippen LogP contribution in [0, 0.1) is 0 Å². The lowest BCUT2D eigenvalue weighted by Crippen LogP contribution is -2.11. The summed E-state index contributed by atoms with van der Waals surface area (Å²) in [4.78, 5) is 29.6. The van der Waals surface area contributed by atoms with Gasteiger partial charge in [0.25, 0.3) is 5.91 Å². The molecule has 5 rings (SSSR count). The van der Waals surface area contributed by atoms with Crippen molar-refractivity contribution in [2.24, 2.45) is 0 Å². The molecule has 0 spiro atoms. The number of aromatic nitrogens is 2. The van der Waals surface area contributed by atoms with Crippen molar-refractivity contribution >= 4 is 33.7 Å². The monoisotopic (exact) mass is 466 g/mol. The number of fused-ring (bicyclic) bond motifs is 2. The van der Waals surface area contributed by atoms with E-state index in [0.717, 1.165) is 27.3 Å². The lowest BCUT2D eigenvalue weighted by Gasteiger charge is -2.09. The third-order valence-electron chi connectivity index (χ3n) is 5.82. The Labute approximate surface area is 201 Å². The molecule has 174 valence electrons. The molecular formula is C28H22N2O5. The Hall–Kier alpha value is -4.65. The molecule has 0 unspecified atom stereocenters. The van der Waals surface area contributed by atoms with E-state index in [1.54, 1.807) is 61.5 Å². The maximum Gasteiger partial charge on any atom is 0.308 e. The van der Waals surface area contributed by atoms with Gasteiger partial charge in [-0.05, 0) is 59.5 Å². The first-order chi connectivity index (χ1) is 17.0. The van der Waals surface area contributed by atoms with Gasteiger partial charge in [-0.1, -0.05) is 18.2 Å². The largest absolute Gasteiger partial charge is 0.493 e. The molecule has 0 aliphatic carbocycles. The number of hydrogen-bond acceptors (Lipinski definition) is 6. The summed E-state index contributed by atoms with van der Waals surface area (Å²) in [5, 5.41) is 2.38. The van der Waals surface area contributed by atoms with Crippen molar-refractivity contribution in [2.75, 3.05) is 14.2 Å². The highest BCUT2D eigenvalue weighted by Gasteiger charge is 2.19. The topological polar surface area (TPSA) is 79.7 Å². The lowest BCUT2D eigenvalue weighted by atomic mass is 10.1. The number of esters is 1. The standard InChI is InChI=1S/C28H22N2O5/c1-17(31)35-24-8-4-6-18-14-20(9-11-21(18)24)28(32)30-16-23(22-7-5-13-29-27(22)30)19-10-12-25(33-2)26(15-19)34-3/h4-16H,1-3H3. The number of carbonyl (C=O) groups excluding carboxylic acids is 2. The fraction of sp³-hybridized carbons (Fsp3) is 0.107. The van der Waals surface area contributed by atoms with Gasteiger partial charge in [0, 0.05) is 41.2 Å². The molecule has 0 bridgehead atoms.